The summed E-state index contributed by atoms with van der Waals surface area (Å²) < 4.78 is 0. The largest absolute Gasteiger partial charge is 0.393 e. The number of aliphatic hydroxyl groups is 1. The summed E-state index contributed by atoms with van der Waals surface area (Å²) in [6.45, 7) is 3.51. The zero-order chi connectivity index (χ0) is 9.97. The molecule has 0 aromatic rings. The van der Waals surface area contributed by atoms with Crippen molar-refractivity contribution >= 4 is 0 Å². The lowest BCUT2D eigenvalue weighted by molar-refractivity contribution is 0.0621. The van der Waals surface area contributed by atoms with Gasteiger partial charge in [0.15, 0.2) is 0 Å². The van der Waals surface area contributed by atoms with Crippen LogP contribution in [0.1, 0.15) is 45.4 Å². The van der Waals surface area contributed by atoms with Crippen LogP contribution >= 0.6 is 0 Å². The highest BCUT2D eigenvalue weighted by molar-refractivity contribution is 4.84. The second-order valence-electron chi connectivity index (χ2n) is 5.36. The van der Waals surface area contributed by atoms with Gasteiger partial charge in [0.1, 0.15) is 0 Å². The molecule has 82 valence electrons. The first kappa shape index (κ1) is 10.4. The minimum Gasteiger partial charge on any atom is -0.393 e. The van der Waals surface area contributed by atoms with Gasteiger partial charge in [-0.2, -0.15) is 0 Å². The van der Waals surface area contributed by atoms with E-state index in [0.29, 0.717) is 6.04 Å². The first-order chi connectivity index (χ1) is 6.74. The van der Waals surface area contributed by atoms with Crippen molar-refractivity contribution in [3.63, 3.8) is 0 Å². The highest BCUT2D eigenvalue weighted by atomic mass is 16.3. The Bertz CT molecular complexity index is 151. The minimum absolute atomic E-state index is 0.0139. The predicted molar refractivity (Wildman–Crippen MR) is 58.2 cm³/mol. The molecule has 2 aliphatic rings. The molecule has 0 heterocycles. The number of rotatable bonds is 5. The minimum atomic E-state index is -0.0139. The van der Waals surface area contributed by atoms with Crippen LogP contribution in [0.2, 0.25) is 0 Å². The van der Waals surface area contributed by atoms with Crippen molar-refractivity contribution < 1.29 is 5.11 Å². The lowest BCUT2D eigenvalue weighted by Crippen LogP contribution is -2.44. The standard InChI is InChI=1S/C12H23NO/c1-9-5-10(6-9)3-2-4-13-11-7-12(14)8-11/h9-14H,2-8H2,1H3/t9?,10?,11-,12-. The Hall–Kier alpha value is -0.0800. The molecule has 2 nitrogen and oxygen atoms in total. The van der Waals surface area contributed by atoms with E-state index in [1.165, 1.54) is 25.7 Å². The van der Waals surface area contributed by atoms with Crippen LogP contribution in [0.5, 0.6) is 0 Å². The molecule has 0 spiro atoms. The van der Waals surface area contributed by atoms with Gasteiger partial charge in [-0.05, 0) is 56.9 Å². The van der Waals surface area contributed by atoms with E-state index in [1.54, 1.807) is 0 Å². The van der Waals surface area contributed by atoms with Crippen molar-refractivity contribution in [2.45, 2.75) is 57.6 Å². The Morgan fingerprint density at radius 1 is 1.21 bits per heavy atom. The molecule has 2 heteroatoms. The maximum Gasteiger partial charge on any atom is 0.0570 e. The van der Waals surface area contributed by atoms with Crippen LogP contribution in [0, 0.1) is 11.8 Å². The molecular weight excluding hydrogens is 174 g/mol. The van der Waals surface area contributed by atoms with E-state index in [-0.39, 0.29) is 6.10 Å². The van der Waals surface area contributed by atoms with Gasteiger partial charge in [-0.15, -0.1) is 0 Å². The molecule has 2 saturated carbocycles. The molecule has 0 radical (unpaired) electrons. The normalized spacial score (nSPS) is 41.6. The van der Waals surface area contributed by atoms with Crippen LogP contribution in [-0.2, 0) is 0 Å². The molecule has 14 heavy (non-hydrogen) atoms. The summed E-state index contributed by atoms with van der Waals surface area (Å²) in [6, 6.07) is 0.616. The second kappa shape index (κ2) is 4.63. The Morgan fingerprint density at radius 2 is 1.93 bits per heavy atom. The summed E-state index contributed by atoms with van der Waals surface area (Å²) in [7, 11) is 0. The van der Waals surface area contributed by atoms with Gasteiger partial charge in [-0.3, -0.25) is 0 Å². The van der Waals surface area contributed by atoms with Crippen LogP contribution in [0.25, 0.3) is 0 Å². The summed E-state index contributed by atoms with van der Waals surface area (Å²) in [4.78, 5) is 0. The first-order valence-electron chi connectivity index (χ1n) is 6.15. The summed E-state index contributed by atoms with van der Waals surface area (Å²) in [5.41, 5.74) is 0. The topological polar surface area (TPSA) is 32.3 Å². The molecule has 2 rings (SSSR count). The average Bonchev–Trinajstić information content (AvgIpc) is 2.05. The number of hydrogen-bond acceptors (Lipinski definition) is 2. The van der Waals surface area contributed by atoms with E-state index < -0.39 is 0 Å². The third-order valence-corrected chi connectivity index (χ3v) is 3.81. The lowest BCUT2D eigenvalue weighted by Gasteiger charge is -2.34. The highest BCUT2D eigenvalue weighted by Crippen LogP contribution is 2.36. The Morgan fingerprint density at radius 3 is 2.50 bits per heavy atom. The SMILES string of the molecule is CC1CC(CCCN[C@H]2C[C@H](O)C2)C1. The molecule has 2 fully saturated rings. The maximum absolute atomic E-state index is 9.10. The van der Waals surface area contributed by atoms with Gasteiger partial charge in [-0.25, -0.2) is 0 Å². The van der Waals surface area contributed by atoms with Crippen molar-refractivity contribution in [2.24, 2.45) is 11.8 Å². The van der Waals surface area contributed by atoms with Crippen LogP contribution in [0.3, 0.4) is 0 Å². The van der Waals surface area contributed by atoms with E-state index in [1.807, 2.05) is 0 Å². The molecule has 0 aromatic carbocycles. The average molecular weight is 197 g/mol. The van der Waals surface area contributed by atoms with Gasteiger partial charge in [0.25, 0.3) is 0 Å². The third kappa shape index (κ3) is 2.71. The molecule has 0 atom stereocenters. The first-order valence-corrected chi connectivity index (χ1v) is 6.15. The summed E-state index contributed by atoms with van der Waals surface area (Å²) in [5.74, 6) is 2.02. The number of nitrogens with one attached hydrogen (secondary N) is 1. The zero-order valence-electron chi connectivity index (χ0n) is 9.21. The molecule has 0 aliphatic heterocycles. The molecular formula is C12H23NO. The number of aliphatic hydroxyl groups excluding tert-OH is 1. The molecule has 0 amide bonds. The molecule has 0 saturated heterocycles. The van der Waals surface area contributed by atoms with Crippen molar-refractivity contribution in [3.05, 3.63) is 0 Å². The fourth-order valence-corrected chi connectivity index (χ4v) is 2.76. The van der Waals surface area contributed by atoms with Crippen LogP contribution in [0.15, 0.2) is 0 Å². The molecule has 0 aromatic heterocycles. The molecule has 0 bridgehead atoms. The van der Waals surface area contributed by atoms with E-state index in [4.69, 9.17) is 5.11 Å². The fraction of sp³-hybridized carbons (Fsp3) is 1.00. The highest BCUT2D eigenvalue weighted by Gasteiger charge is 2.27. The van der Waals surface area contributed by atoms with E-state index in [9.17, 15) is 0 Å². The Balaban J connectivity index is 1.40. The quantitative estimate of drug-likeness (QED) is 0.660. The summed E-state index contributed by atoms with van der Waals surface area (Å²) in [5, 5.41) is 12.6. The van der Waals surface area contributed by atoms with Gasteiger partial charge in [-0.1, -0.05) is 6.92 Å². The number of hydrogen-bond donors (Lipinski definition) is 2. The van der Waals surface area contributed by atoms with E-state index >= 15 is 0 Å². The smallest absolute Gasteiger partial charge is 0.0570 e. The predicted octanol–water partition coefficient (Wildman–Crippen LogP) is 1.93. The molecule has 2 aliphatic carbocycles. The van der Waals surface area contributed by atoms with Gasteiger partial charge < -0.3 is 10.4 Å². The van der Waals surface area contributed by atoms with Gasteiger partial charge >= 0.3 is 0 Å². The van der Waals surface area contributed by atoms with Crippen molar-refractivity contribution in [3.8, 4) is 0 Å². The van der Waals surface area contributed by atoms with Crippen LogP contribution < -0.4 is 5.32 Å². The Kier molecular flexibility index (Phi) is 3.45. The zero-order valence-corrected chi connectivity index (χ0v) is 9.21. The summed E-state index contributed by atoms with van der Waals surface area (Å²) in [6.07, 6.45) is 7.59. The van der Waals surface area contributed by atoms with E-state index in [2.05, 4.69) is 12.2 Å². The maximum atomic E-state index is 9.10. The van der Waals surface area contributed by atoms with E-state index in [0.717, 1.165) is 31.2 Å². The van der Waals surface area contributed by atoms with Gasteiger partial charge in [0.2, 0.25) is 0 Å². The van der Waals surface area contributed by atoms with Gasteiger partial charge in [0, 0.05) is 6.04 Å². The molecule has 2 N–H and O–H groups in total. The van der Waals surface area contributed by atoms with Gasteiger partial charge in [0.05, 0.1) is 6.10 Å². The van der Waals surface area contributed by atoms with Crippen molar-refractivity contribution in [1.29, 1.82) is 0 Å². The van der Waals surface area contributed by atoms with Crippen LogP contribution in [-0.4, -0.2) is 23.8 Å². The lowest BCUT2D eigenvalue weighted by atomic mass is 9.74. The molecule has 0 unspecified atom stereocenters. The third-order valence-electron chi connectivity index (χ3n) is 3.81. The second-order valence-corrected chi connectivity index (χ2v) is 5.36. The van der Waals surface area contributed by atoms with Crippen molar-refractivity contribution in [1.82, 2.24) is 5.32 Å². The summed E-state index contributed by atoms with van der Waals surface area (Å²) >= 11 is 0. The monoisotopic (exact) mass is 197 g/mol. The van der Waals surface area contributed by atoms with Crippen LogP contribution in [0.4, 0.5) is 0 Å². The Labute approximate surface area is 87.1 Å². The van der Waals surface area contributed by atoms with Crippen molar-refractivity contribution in [2.75, 3.05) is 6.54 Å². The fourth-order valence-electron chi connectivity index (χ4n) is 2.76.